The molecular formula is C15H20N6O3. The zero-order valence-corrected chi connectivity index (χ0v) is 13.9. The molecule has 1 aliphatic rings. The summed E-state index contributed by atoms with van der Waals surface area (Å²) in [5.74, 6) is 1.62. The average molecular weight is 332 g/mol. The summed E-state index contributed by atoms with van der Waals surface area (Å²) in [6.45, 7) is 3.18. The number of aryl methyl sites for hydroxylation is 2. The van der Waals surface area contributed by atoms with Gasteiger partial charge in [-0.3, -0.25) is 5.32 Å². The Morgan fingerprint density at radius 1 is 1.46 bits per heavy atom. The van der Waals surface area contributed by atoms with Crippen molar-refractivity contribution < 1.29 is 14.3 Å². The van der Waals surface area contributed by atoms with E-state index >= 15 is 0 Å². The Labute approximate surface area is 139 Å². The second-order valence-electron chi connectivity index (χ2n) is 5.54. The first-order chi connectivity index (χ1) is 11.6. The number of nitrogens with one attached hydrogen (secondary N) is 1. The highest BCUT2D eigenvalue weighted by Gasteiger charge is 2.28. The van der Waals surface area contributed by atoms with E-state index in [1.54, 1.807) is 29.0 Å². The van der Waals surface area contributed by atoms with E-state index < -0.39 is 0 Å². The summed E-state index contributed by atoms with van der Waals surface area (Å²) in [7, 11) is 3.39. The molecule has 1 N–H and O–H groups in total. The third-order valence-corrected chi connectivity index (χ3v) is 3.83. The Balaban J connectivity index is 1.71. The predicted molar refractivity (Wildman–Crippen MR) is 85.8 cm³/mol. The van der Waals surface area contributed by atoms with E-state index in [1.807, 2.05) is 20.0 Å². The van der Waals surface area contributed by atoms with Crippen molar-refractivity contribution in [3.63, 3.8) is 0 Å². The van der Waals surface area contributed by atoms with Crippen LogP contribution in [0.5, 0.6) is 5.75 Å². The fraction of sp³-hybridized carbons (Fsp3) is 0.467. The Hall–Kier alpha value is -2.68. The first kappa shape index (κ1) is 16.2. The summed E-state index contributed by atoms with van der Waals surface area (Å²) in [5.41, 5.74) is 0.796. The summed E-state index contributed by atoms with van der Waals surface area (Å²) in [6, 6.07) is 3.36. The van der Waals surface area contributed by atoms with Crippen LogP contribution in [0.25, 0.3) is 0 Å². The summed E-state index contributed by atoms with van der Waals surface area (Å²) in [4.78, 5) is 18.6. The lowest BCUT2D eigenvalue weighted by atomic mass is 10.2. The van der Waals surface area contributed by atoms with Gasteiger partial charge in [0, 0.05) is 19.3 Å². The van der Waals surface area contributed by atoms with Gasteiger partial charge in [0.1, 0.15) is 12.4 Å². The van der Waals surface area contributed by atoms with E-state index in [2.05, 4.69) is 20.5 Å². The maximum atomic E-state index is 12.6. The average Bonchev–Trinajstić information content (AvgIpc) is 3.01. The van der Waals surface area contributed by atoms with Crippen LogP contribution in [0.4, 0.5) is 10.6 Å². The third-order valence-electron chi connectivity index (χ3n) is 3.83. The van der Waals surface area contributed by atoms with Crippen LogP contribution < -0.4 is 10.1 Å². The minimum absolute atomic E-state index is 0.248. The molecule has 0 aromatic carbocycles. The number of morpholine rings is 1. The predicted octanol–water partition coefficient (Wildman–Crippen LogP) is 1.13. The molecule has 1 unspecified atom stereocenters. The van der Waals surface area contributed by atoms with Crippen molar-refractivity contribution in [2.24, 2.45) is 7.05 Å². The Kier molecular flexibility index (Phi) is 4.61. The van der Waals surface area contributed by atoms with Crippen molar-refractivity contribution in [1.29, 1.82) is 0 Å². The molecule has 1 atom stereocenters. The number of rotatable bonds is 3. The molecule has 0 radical (unpaired) electrons. The number of methoxy groups -OCH3 is 1. The molecule has 3 rings (SSSR count). The fourth-order valence-corrected chi connectivity index (χ4v) is 2.55. The van der Waals surface area contributed by atoms with Crippen LogP contribution in [-0.4, -0.2) is 57.5 Å². The number of carbonyl (C=O) groups is 1. The normalized spacial score (nSPS) is 17.6. The van der Waals surface area contributed by atoms with Gasteiger partial charge in [0.05, 0.1) is 20.3 Å². The second-order valence-corrected chi connectivity index (χ2v) is 5.54. The van der Waals surface area contributed by atoms with E-state index in [0.29, 0.717) is 37.1 Å². The van der Waals surface area contributed by atoms with Crippen molar-refractivity contribution in [2.75, 3.05) is 32.1 Å². The van der Waals surface area contributed by atoms with Gasteiger partial charge in [-0.2, -0.15) is 0 Å². The summed E-state index contributed by atoms with van der Waals surface area (Å²) < 4.78 is 12.7. The highest BCUT2D eigenvalue weighted by Crippen LogP contribution is 2.24. The maximum Gasteiger partial charge on any atom is 0.323 e. The van der Waals surface area contributed by atoms with Crippen molar-refractivity contribution in [1.82, 2.24) is 24.6 Å². The van der Waals surface area contributed by atoms with Gasteiger partial charge in [0.25, 0.3) is 0 Å². The number of hydrogen-bond donors (Lipinski definition) is 1. The third kappa shape index (κ3) is 3.30. The standard InChI is InChI=1S/C15H20N6O3/c1-10-4-5-11(23-3)13(17-10)18-15(22)21-6-7-24-12(8-21)14-19-16-9-20(14)2/h4-5,9,12H,6-8H2,1-3H3,(H,17,18,22). The molecular weight excluding hydrogens is 312 g/mol. The molecule has 0 bridgehead atoms. The largest absolute Gasteiger partial charge is 0.493 e. The molecule has 0 spiro atoms. The van der Waals surface area contributed by atoms with Gasteiger partial charge in [-0.1, -0.05) is 0 Å². The van der Waals surface area contributed by atoms with E-state index in [9.17, 15) is 4.79 Å². The topological polar surface area (TPSA) is 94.4 Å². The fourth-order valence-electron chi connectivity index (χ4n) is 2.55. The molecule has 9 heteroatoms. The Morgan fingerprint density at radius 2 is 2.29 bits per heavy atom. The van der Waals surface area contributed by atoms with Gasteiger partial charge in [-0.25, -0.2) is 9.78 Å². The smallest absolute Gasteiger partial charge is 0.323 e. The van der Waals surface area contributed by atoms with E-state index in [1.165, 1.54) is 0 Å². The second kappa shape index (κ2) is 6.83. The van der Waals surface area contributed by atoms with Crippen LogP contribution in [0.2, 0.25) is 0 Å². The number of carbonyl (C=O) groups excluding carboxylic acids is 1. The molecule has 1 aliphatic heterocycles. The van der Waals surface area contributed by atoms with E-state index in [-0.39, 0.29) is 12.1 Å². The van der Waals surface area contributed by atoms with Gasteiger partial charge in [-0.15, -0.1) is 10.2 Å². The molecule has 2 aromatic rings. The number of hydrogen-bond acceptors (Lipinski definition) is 6. The number of pyridine rings is 1. The van der Waals surface area contributed by atoms with Crippen LogP contribution in [0, 0.1) is 6.92 Å². The van der Waals surface area contributed by atoms with Crippen LogP contribution >= 0.6 is 0 Å². The van der Waals surface area contributed by atoms with Gasteiger partial charge in [0.15, 0.2) is 17.4 Å². The number of amides is 2. The minimum atomic E-state index is -0.302. The van der Waals surface area contributed by atoms with Gasteiger partial charge < -0.3 is 18.9 Å². The Bertz CT molecular complexity index is 732. The molecule has 2 amide bonds. The lowest BCUT2D eigenvalue weighted by Gasteiger charge is -2.32. The van der Waals surface area contributed by atoms with Gasteiger partial charge in [0.2, 0.25) is 0 Å². The highest BCUT2D eigenvalue weighted by atomic mass is 16.5. The van der Waals surface area contributed by atoms with Crippen molar-refractivity contribution in [3.8, 4) is 5.75 Å². The molecule has 1 saturated heterocycles. The number of ether oxygens (including phenoxy) is 2. The van der Waals surface area contributed by atoms with E-state index in [4.69, 9.17) is 9.47 Å². The van der Waals surface area contributed by atoms with E-state index in [0.717, 1.165) is 5.69 Å². The molecule has 1 fully saturated rings. The monoisotopic (exact) mass is 332 g/mol. The zero-order chi connectivity index (χ0) is 17.1. The number of anilines is 1. The quantitative estimate of drug-likeness (QED) is 0.905. The minimum Gasteiger partial charge on any atom is -0.493 e. The van der Waals surface area contributed by atoms with Crippen LogP contribution in [0.15, 0.2) is 18.5 Å². The summed E-state index contributed by atoms with van der Waals surface area (Å²) in [5, 5.41) is 10.7. The summed E-state index contributed by atoms with van der Waals surface area (Å²) in [6.07, 6.45) is 1.31. The summed E-state index contributed by atoms with van der Waals surface area (Å²) >= 11 is 0. The molecule has 9 nitrogen and oxygen atoms in total. The molecule has 0 saturated carbocycles. The first-order valence-electron chi connectivity index (χ1n) is 7.61. The van der Waals surface area contributed by atoms with Gasteiger partial charge >= 0.3 is 6.03 Å². The van der Waals surface area contributed by atoms with Crippen LogP contribution in [-0.2, 0) is 11.8 Å². The molecule has 128 valence electrons. The molecule has 3 heterocycles. The van der Waals surface area contributed by atoms with Crippen LogP contribution in [0.1, 0.15) is 17.6 Å². The van der Waals surface area contributed by atoms with Crippen molar-refractivity contribution in [3.05, 3.63) is 30.0 Å². The van der Waals surface area contributed by atoms with Crippen molar-refractivity contribution in [2.45, 2.75) is 13.0 Å². The van der Waals surface area contributed by atoms with Crippen molar-refractivity contribution >= 4 is 11.8 Å². The highest BCUT2D eigenvalue weighted by molar-refractivity contribution is 5.89. The lowest BCUT2D eigenvalue weighted by molar-refractivity contribution is -0.0196. The number of urea groups is 1. The SMILES string of the molecule is COc1ccc(C)nc1NC(=O)N1CCOC(c2nncn2C)C1. The number of aromatic nitrogens is 4. The first-order valence-corrected chi connectivity index (χ1v) is 7.61. The molecule has 24 heavy (non-hydrogen) atoms. The number of nitrogens with zero attached hydrogens (tertiary/aromatic N) is 5. The zero-order valence-electron chi connectivity index (χ0n) is 13.9. The Morgan fingerprint density at radius 3 is 3.00 bits per heavy atom. The lowest BCUT2D eigenvalue weighted by Crippen LogP contribution is -2.45. The maximum absolute atomic E-state index is 12.6. The van der Waals surface area contributed by atoms with Crippen LogP contribution in [0.3, 0.4) is 0 Å². The molecule has 0 aliphatic carbocycles. The molecule has 2 aromatic heterocycles. The van der Waals surface area contributed by atoms with Gasteiger partial charge in [-0.05, 0) is 19.1 Å².